The zero-order valence-corrected chi connectivity index (χ0v) is 19.5. The molecule has 1 aliphatic rings. The third-order valence-corrected chi connectivity index (χ3v) is 8.32. The molecule has 0 unspecified atom stereocenters. The minimum absolute atomic E-state index is 0.282. The van der Waals surface area contributed by atoms with Gasteiger partial charge < -0.3 is 14.3 Å². The Hall–Kier alpha value is -2.40. The van der Waals surface area contributed by atoms with Gasteiger partial charge in [0.15, 0.2) is 5.16 Å². The molecule has 1 aliphatic heterocycles. The summed E-state index contributed by atoms with van der Waals surface area (Å²) < 4.78 is 35.1. The topological polar surface area (TPSA) is 93.1 Å². The third-order valence-electron chi connectivity index (χ3n) is 5.56. The normalized spacial score (nSPS) is 15.7. The monoisotopic (exact) mass is 471 g/mol. The Kier molecular flexibility index (Phi) is 5.93. The number of para-hydroxylation sites is 2. The molecule has 2 aromatic carbocycles. The Labute approximate surface area is 191 Å². The number of nitrogens with zero attached hydrogens (tertiary/aromatic N) is 4. The first-order valence-electron chi connectivity index (χ1n) is 10.7. The summed E-state index contributed by atoms with van der Waals surface area (Å²) in [4.78, 5) is 13.1. The molecule has 4 aromatic rings. The summed E-state index contributed by atoms with van der Waals surface area (Å²) in [6.07, 6.45) is 0.960. The quantitative estimate of drug-likeness (QED) is 0.414. The van der Waals surface area contributed by atoms with Gasteiger partial charge in [-0.15, -0.1) is 0 Å². The molecule has 8 nitrogen and oxygen atoms in total. The summed E-state index contributed by atoms with van der Waals surface area (Å²) in [6, 6.07) is 13.2. The molecule has 168 valence electrons. The number of thioether (sulfide) groups is 1. The number of benzene rings is 2. The van der Waals surface area contributed by atoms with E-state index in [4.69, 9.17) is 9.72 Å². The van der Waals surface area contributed by atoms with Gasteiger partial charge in [0.05, 0.1) is 45.9 Å². The van der Waals surface area contributed by atoms with Crippen LogP contribution in [0.3, 0.4) is 0 Å². The van der Waals surface area contributed by atoms with Crippen LogP contribution in [0.15, 0.2) is 52.5 Å². The van der Waals surface area contributed by atoms with Crippen molar-refractivity contribution in [2.45, 2.75) is 35.7 Å². The first-order chi connectivity index (χ1) is 15.6. The summed E-state index contributed by atoms with van der Waals surface area (Å²) >= 11 is 1.60. The number of hydrogen-bond donors (Lipinski definition) is 1. The summed E-state index contributed by atoms with van der Waals surface area (Å²) in [6.45, 7) is 4.56. The van der Waals surface area contributed by atoms with E-state index in [-0.39, 0.29) is 4.90 Å². The number of morpholine rings is 1. The maximum absolute atomic E-state index is 13.1. The minimum Gasteiger partial charge on any atom is -0.379 e. The number of ether oxygens (including phenoxy) is 1. The molecule has 0 radical (unpaired) electrons. The number of fused-ring (bicyclic) bond motifs is 2. The Bertz CT molecular complexity index is 1320. The highest BCUT2D eigenvalue weighted by Crippen LogP contribution is 2.28. The van der Waals surface area contributed by atoms with Crippen molar-refractivity contribution in [3.8, 4) is 0 Å². The number of aromatic amines is 1. The molecule has 0 aliphatic carbocycles. The van der Waals surface area contributed by atoms with Gasteiger partial charge in [0.1, 0.15) is 5.82 Å². The lowest BCUT2D eigenvalue weighted by Gasteiger charge is -2.26. The summed E-state index contributed by atoms with van der Waals surface area (Å²) in [5, 5.41) is 0.844. The van der Waals surface area contributed by atoms with E-state index in [2.05, 4.69) is 21.5 Å². The van der Waals surface area contributed by atoms with E-state index in [0.717, 1.165) is 40.5 Å². The summed E-state index contributed by atoms with van der Waals surface area (Å²) in [5.74, 6) is 1.55. The summed E-state index contributed by atoms with van der Waals surface area (Å²) in [5.41, 5.74) is 3.60. The van der Waals surface area contributed by atoms with E-state index >= 15 is 0 Å². The number of sulfonamides is 1. The number of aryl methyl sites for hydroxylation is 1. The number of nitrogens with one attached hydrogen (secondary N) is 1. The Balaban J connectivity index is 1.45. The zero-order valence-electron chi connectivity index (χ0n) is 17.8. The summed E-state index contributed by atoms with van der Waals surface area (Å²) in [7, 11) is -3.56. The van der Waals surface area contributed by atoms with Crippen LogP contribution in [0.1, 0.15) is 19.2 Å². The average molecular weight is 472 g/mol. The number of aromatic nitrogens is 4. The van der Waals surface area contributed by atoms with Crippen LogP contribution in [0.5, 0.6) is 0 Å². The van der Waals surface area contributed by atoms with E-state index in [1.54, 1.807) is 23.9 Å². The Morgan fingerprint density at radius 2 is 1.91 bits per heavy atom. The molecule has 2 aromatic heterocycles. The second-order valence-corrected chi connectivity index (χ2v) is 10.6. The number of rotatable bonds is 7. The average Bonchev–Trinajstić information content (AvgIpc) is 3.39. The predicted octanol–water partition coefficient (Wildman–Crippen LogP) is 3.64. The maximum Gasteiger partial charge on any atom is 0.243 e. The molecular weight excluding hydrogens is 446 g/mol. The van der Waals surface area contributed by atoms with Crippen molar-refractivity contribution < 1.29 is 13.2 Å². The van der Waals surface area contributed by atoms with Crippen molar-refractivity contribution in [2.75, 3.05) is 26.3 Å². The zero-order chi connectivity index (χ0) is 22.1. The van der Waals surface area contributed by atoms with Gasteiger partial charge >= 0.3 is 0 Å². The van der Waals surface area contributed by atoms with Gasteiger partial charge in [-0.3, -0.25) is 0 Å². The SMILES string of the molecule is CCCn1c(CSc2nc3ccccc3[nH]2)nc2cc(S(=O)(=O)N3CCOCC3)ccc21. The van der Waals surface area contributed by atoms with Crippen molar-refractivity contribution in [2.24, 2.45) is 0 Å². The fraction of sp³-hybridized carbons (Fsp3) is 0.364. The molecule has 0 spiro atoms. The molecule has 0 atom stereocenters. The van der Waals surface area contributed by atoms with Gasteiger partial charge in [-0.05, 0) is 36.8 Å². The lowest BCUT2D eigenvalue weighted by atomic mass is 10.3. The van der Waals surface area contributed by atoms with E-state index in [9.17, 15) is 8.42 Å². The number of hydrogen-bond acceptors (Lipinski definition) is 6. The molecular formula is C22H25N5O3S2. The predicted molar refractivity (Wildman–Crippen MR) is 125 cm³/mol. The van der Waals surface area contributed by atoms with Crippen molar-refractivity contribution in [3.63, 3.8) is 0 Å². The molecule has 3 heterocycles. The van der Waals surface area contributed by atoms with Crippen molar-refractivity contribution in [3.05, 3.63) is 48.3 Å². The standard InChI is InChI=1S/C22H25N5O3S2/c1-2-9-27-20-8-7-16(32(28,29)26-10-12-30-13-11-26)14-19(20)23-21(27)15-31-22-24-17-5-3-4-6-18(17)25-22/h3-8,14H,2,9-13,15H2,1H3,(H,24,25). The highest BCUT2D eigenvalue weighted by molar-refractivity contribution is 7.98. The van der Waals surface area contributed by atoms with Gasteiger partial charge in [0.2, 0.25) is 10.0 Å². The van der Waals surface area contributed by atoms with Gasteiger partial charge in [-0.2, -0.15) is 4.31 Å². The van der Waals surface area contributed by atoms with Crippen molar-refractivity contribution in [1.82, 2.24) is 23.8 Å². The fourth-order valence-corrected chi connectivity index (χ4v) is 6.23. The van der Waals surface area contributed by atoms with Crippen LogP contribution in [0.4, 0.5) is 0 Å². The molecule has 0 bridgehead atoms. The van der Waals surface area contributed by atoms with Crippen LogP contribution in [0.25, 0.3) is 22.1 Å². The molecule has 0 amide bonds. The van der Waals surface area contributed by atoms with Gasteiger partial charge in [-0.25, -0.2) is 18.4 Å². The molecule has 5 rings (SSSR count). The van der Waals surface area contributed by atoms with E-state index in [0.29, 0.717) is 37.6 Å². The van der Waals surface area contributed by atoms with Gasteiger partial charge in [-0.1, -0.05) is 30.8 Å². The second kappa shape index (κ2) is 8.86. The van der Waals surface area contributed by atoms with Crippen LogP contribution in [0.2, 0.25) is 0 Å². The Morgan fingerprint density at radius 3 is 2.69 bits per heavy atom. The lowest BCUT2D eigenvalue weighted by Crippen LogP contribution is -2.40. The highest BCUT2D eigenvalue weighted by atomic mass is 32.2. The number of H-pyrrole nitrogens is 1. The lowest BCUT2D eigenvalue weighted by molar-refractivity contribution is 0.0730. The molecule has 1 saturated heterocycles. The second-order valence-electron chi connectivity index (χ2n) is 7.69. The minimum atomic E-state index is -3.56. The van der Waals surface area contributed by atoms with Crippen LogP contribution in [0, 0.1) is 0 Å². The highest BCUT2D eigenvalue weighted by Gasteiger charge is 2.27. The molecule has 1 fully saturated rings. The van der Waals surface area contributed by atoms with E-state index in [1.807, 2.05) is 30.3 Å². The van der Waals surface area contributed by atoms with Crippen molar-refractivity contribution >= 4 is 43.9 Å². The number of imidazole rings is 2. The smallest absolute Gasteiger partial charge is 0.243 e. The molecule has 0 saturated carbocycles. The van der Waals surface area contributed by atoms with Gasteiger partial charge in [0, 0.05) is 19.6 Å². The molecule has 10 heteroatoms. The van der Waals surface area contributed by atoms with E-state index < -0.39 is 10.0 Å². The van der Waals surface area contributed by atoms with Crippen LogP contribution in [-0.2, 0) is 27.1 Å². The van der Waals surface area contributed by atoms with Crippen molar-refractivity contribution in [1.29, 1.82) is 0 Å². The largest absolute Gasteiger partial charge is 0.379 e. The molecule has 32 heavy (non-hydrogen) atoms. The van der Waals surface area contributed by atoms with Crippen LogP contribution >= 0.6 is 11.8 Å². The third kappa shape index (κ3) is 4.03. The molecule has 1 N–H and O–H groups in total. The van der Waals surface area contributed by atoms with Crippen LogP contribution < -0.4 is 0 Å². The van der Waals surface area contributed by atoms with E-state index in [1.165, 1.54) is 4.31 Å². The first-order valence-corrected chi connectivity index (χ1v) is 13.1. The fourth-order valence-electron chi connectivity index (χ4n) is 3.97. The van der Waals surface area contributed by atoms with Crippen LogP contribution in [-0.4, -0.2) is 58.5 Å². The maximum atomic E-state index is 13.1. The van der Waals surface area contributed by atoms with Gasteiger partial charge in [0.25, 0.3) is 0 Å². The first kappa shape index (κ1) is 21.4. The Morgan fingerprint density at radius 1 is 1.09 bits per heavy atom.